The number of aliphatic carboxylic acids is 1. The van der Waals surface area contributed by atoms with Gasteiger partial charge in [0, 0.05) is 6.42 Å². The molecule has 11 heavy (non-hydrogen) atoms. The molecule has 0 rings (SSSR count). The van der Waals surface area contributed by atoms with Crippen LogP contribution in [0.5, 0.6) is 0 Å². The Morgan fingerprint density at radius 3 is 2.09 bits per heavy atom. The summed E-state index contributed by atoms with van der Waals surface area (Å²) in [5.74, 6) is -0.682. The van der Waals surface area contributed by atoms with Crippen LogP contribution in [-0.4, -0.2) is 11.1 Å². The van der Waals surface area contributed by atoms with Crippen LogP contribution in [0.15, 0.2) is 0 Å². The summed E-state index contributed by atoms with van der Waals surface area (Å²) in [7, 11) is 0. The summed E-state index contributed by atoms with van der Waals surface area (Å²) in [6.45, 7) is 4.26. The third-order valence-corrected chi connectivity index (χ3v) is 0.994. The zero-order valence-corrected chi connectivity index (χ0v) is 11.1. The van der Waals surface area contributed by atoms with Gasteiger partial charge in [-0.2, -0.15) is 0 Å². The van der Waals surface area contributed by atoms with E-state index >= 15 is 0 Å². The fourth-order valence-corrected chi connectivity index (χ4v) is 0.526. The molecule has 0 aliphatic rings. The second kappa shape index (κ2) is 13.3. The van der Waals surface area contributed by atoms with E-state index in [-0.39, 0.29) is 0 Å². The van der Waals surface area contributed by atoms with Crippen molar-refractivity contribution >= 4 is 5.97 Å². The number of carboxylic acids is 1. The molecule has 64 valence electrons. The van der Waals surface area contributed by atoms with Gasteiger partial charge in [0.1, 0.15) is 0 Å². The van der Waals surface area contributed by atoms with Crippen molar-refractivity contribution in [1.82, 2.24) is 0 Å². The van der Waals surface area contributed by atoms with E-state index in [0.717, 1.165) is 19.3 Å². The molecule has 0 aliphatic carbocycles. The Balaban J connectivity index is 0. The Kier molecular flexibility index (Phi) is 17.1. The Labute approximate surface area is 91.4 Å². The van der Waals surface area contributed by atoms with Gasteiger partial charge in [-0.3, -0.25) is 4.79 Å². The summed E-state index contributed by atoms with van der Waals surface area (Å²) in [6.07, 6.45) is 3.28. The number of hydrogen-bond donors (Lipinski definition) is 1. The summed E-state index contributed by atoms with van der Waals surface area (Å²) in [6, 6.07) is 0. The van der Waals surface area contributed by atoms with Crippen LogP contribution in [0, 0.1) is 33.7 Å². The van der Waals surface area contributed by atoms with Crippen molar-refractivity contribution in [3.8, 4) is 0 Å². The topological polar surface area (TPSA) is 37.3 Å². The first kappa shape index (κ1) is 14.2. The zero-order chi connectivity index (χ0) is 9.11. The first-order valence-corrected chi connectivity index (χ1v) is 6.67. The molecule has 0 aromatic rings. The fraction of sp³-hybridized carbons (Fsp3) is 0.875. The maximum atomic E-state index is 9.87. The molecular weight excluding hydrogens is 267 g/mol. The predicted octanol–water partition coefficient (Wildman–Crippen LogP) is 2.63. The van der Waals surface area contributed by atoms with Crippen molar-refractivity contribution in [3.05, 3.63) is 0 Å². The molecule has 0 unspecified atom stereocenters. The molecule has 0 aliphatic heterocycles. The standard InChI is InChI=1S/C6H12O2.C2H5.La/c1-2-3-4-5-6(7)8;1-2;/h2-5H2,1H3,(H,7,8);1H2,2H3;. The molecule has 1 N–H and O–H groups in total. The second-order valence-corrected chi connectivity index (χ2v) is 4.82. The van der Waals surface area contributed by atoms with Crippen LogP contribution in [0.3, 0.4) is 0 Å². The minimum absolute atomic E-state index is 0.327. The minimum atomic E-state index is -0.682. The summed E-state index contributed by atoms with van der Waals surface area (Å²) in [5.41, 5.74) is 0. The average molecular weight is 284 g/mol. The van der Waals surface area contributed by atoms with Gasteiger partial charge in [-0.25, -0.2) is 0 Å². The Hall–Kier alpha value is 0.665. The van der Waals surface area contributed by atoms with Gasteiger partial charge < -0.3 is 5.11 Å². The Morgan fingerprint density at radius 2 is 1.82 bits per heavy atom. The third kappa shape index (κ3) is 25.0. The van der Waals surface area contributed by atoms with Crippen LogP contribution in [0.1, 0.15) is 39.5 Å². The van der Waals surface area contributed by atoms with Crippen molar-refractivity contribution in [1.29, 1.82) is 0 Å². The fourth-order valence-electron chi connectivity index (χ4n) is 0.526. The first-order chi connectivity index (χ1) is 5.18. The normalized spacial score (nSPS) is 8.09. The maximum absolute atomic E-state index is 9.87. The molecule has 0 fully saturated rings. The molecule has 0 saturated carbocycles. The molecule has 0 amide bonds. The molecule has 0 atom stereocenters. The molecule has 0 bridgehead atoms. The molecule has 0 saturated heterocycles. The van der Waals surface area contributed by atoms with Crippen LogP contribution < -0.4 is 0 Å². The number of unbranched alkanes of at least 4 members (excludes halogenated alkanes) is 2. The molecular formula is C8H17LaO2. The zero-order valence-electron chi connectivity index (χ0n) is 7.47. The van der Waals surface area contributed by atoms with E-state index < -0.39 is 5.97 Å². The van der Waals surface area contributed by atoms with Gasteiger partial charge in [-0.1, -0.05) is 19.8 Å². The summed E-state index contributed by atoms with van der Waals surface area (Å²) in [4.78, 5) is 9.87. The molecule has 0 spiro atoms. The number of carboxylic acid groups (broad SMARTS) is 1. The number of carbonyl (C=O) groups is 1. The van der Waals surface area contributed by atoms with Gasteiger partial charge in [0.25, 0.3) is 0 Å². The van der Waals surface area contributed by atoms with E-state index in [1.54, 1.807) is 0 Å². The van der Waals surface area contributed by atoms with Crippen molar-refractivity contribution in [2.24, 2.45) is 0 Å². The van der Waals surface area contributed by atoms with Crippen molar-refractivity contribution in [2.45, 2.75) is 42.4 Å². The van der Waals surface area contributed by atoms with E-state index in [4.69, 9.17) is 5.11 Å². The van der Waals surface area contributed by atoms with Crippen LogP contribution in [0.25, 0.3) is 0 Å². The molecule has 2 nitrogen and oxygen atoms in total. The monoisotopic (exact) mass is 284 g/mol. The summed E-state index contributed by atoms with van der Waals surface area (Å²) < 4.78 is 1.42. The van der Waals surface area contributed by atoms with Crippen LogP contribution in [-0.2, 0) is 4.79 Å². The average Bonchev–Trinajstić information content (AvgIpc) is 1.89. The summed E-state index contributed by atoms with van der Waals surface area (Å²) in [5, 5.41) is 8.14. The molecule has 0 heterocycles. The summed E-state index contributed by atoms with van der Waals surface area (Å²) >= 11 is 1.22. The Bertz CT molecular complexity index is 84.2. The molecule has 0 radical (unpaired) electrons. The quantitative estimate of drug-likeness (QED) is 0.806. The van der Waals surface area contributed by atoms with Gasteiger partial charge >= 0.3 is 49.4 Å². The van der Waals surface area contributed by atoms with E-state index in [1.807, 2.05) is 0 Å². The van der Waals surface area contributed by atoms with Gasteiger partial charge in [0.15, 0.2) is 0 Å². The first-order valence-electron chi connectivity index (χ1n) is 4.10. The van der Waals surface area contributed by atoms with E-state index in [0.29, 0.717) is 6.42 Å². The number of hydrogen-bond acceptors (Lipinski definition) is 1. The van der Waals surface area contributed by atoms with Crippen LogP contribution in [0.4, 0.5) is 0 Å². The van der Waals surface area contributed by atoms with E-state index in [9.17, 15) is 4.79 Å². The van der Waals surface area contributed by atoms with Gasteiger partial charge in [-0.15, -0.1) is 0 Å². The molecule has 0 aromatic heterocycles. The Morgan fingerprint density at radius 1 is 1.36 bits per heavy atom. The van der Waals surface area contributed by atoms with E-state index in [2.05, 4.69) is 13.8 Å². The van der Waals surface area contributed by atoms with Crippen LogP contribution in [0.2, 0.25) is 2.82 Å². The van der Waals surface area contributed by atoms with E-state index in [1.165, 1.54) is 36.6 Å². The van der Waals surface area contributed by atoms with Crippen LogP contribution >= 0.6 is 0 Å². The van der Waals surface area contributed by atoms with Gasteiger partial charge in [0.05, 0.1) is 0 Å². The molecule has 3 heteroatoms. The van der Waals surface area contributed by atoms with Gasteiger partial charge in [0.2, 0.25) is 0 Å². The number of rotatable bonds is 4. The van der Waals surface area contributed by atoms with Crippen molar-refractivity contribution in [2.75, 3.05) is 0 Å². The molecule has 0 aromatic carbocycles. The third-order valence-electron chi connectivity index (χ3n) is 0.994. The van der Waals surface area contributed by atoms with Gasteiger partial charge in [-0.05, 0) is 6.42 Å². The second-order valence-electron chi connectivity index (χ2n) is 2.26. The SMILES string of the molecule is CCCCCC(=O)O.C[CH2][La]. The predicted molar refractivity (Wildman–Crippen MR) is 42.3 cm³/mol. The van der Waals surface area contributed by atoms with Crippen molar-refractivity contribution < 1.29 is 43.6 Å². The van der Waals surface area contributed by atoms with Crippen molar-refractivity contribution in [3.63, 3.8) is 0 Å².